The second-order valence-electron chi connectivity index (χ2n) is 15.6. The van der Waals surface area contributed by atoms with Crippen LogP contribution in [0.5, 0.6) is 0 Å². The van der Waals surface area contributed by atoms with Gasteiger partial charge in [-0.25, -0.2) is 0 Å². The zero-order valence-electron chi connectivity index (χ0n) is 33.1. The van der Waals surface area contributed by atoms with E-state index in [0.717, 1.165) is 0 Å². The standard InChI is InChI=1S/C60H40/c1-3-13-41(14-4-1)43-27-32-47(33-28-43)53-38-37-52(60-56-21-11-9-19-54(56)59(49-16-5-2-6-17-49)55-20-10-12-22-57(55)60)40-58(53)48-34-29-45(30-35-48)44-23-25-46(26-24-44)51-36-31-42-15-7-8-18-50(42)39-51/h1-40H. The van der Waals surface area contributed by atoms with Crippen LogP contribution in [0, 0.1) is 0 Å². The average molecular weight is 761 g/mol. The van der Waals surface area contributed by atoms with Crippen molar-refractivity contribution in [1.82, 2.24) is 0 Å². The highest BCUT2D eigenvalue weighted by atomic mass is 14.2. The van der Waals surface area contributed by atoms with Gasteiger partial charge in [-0.15, -0.1) is 0 Å². The highest BCUT2D eigenvalue weighted by molar-refractivity contribution is 6.21. The van der Waals surface area contributed by atoms with Crippen LogP contribution in [-0.4, -0.2) is 0 Å². The number of rotatable bonds is 7. The van der Waals surface area contributed by atoms with Gasteiger partial charge in [0.1, 0.15) is 0 Å². The first kappa shape index (κ1) is 35.4. The van der Waals surface area contributed by atoms with Crippen LogP contribution >= 0.6 is 0 Å². The van der Waals surface area contributed by atoms with Gasteiger partial charge >= 0.3 is 0 Å². The van der Waals surface area contributed by atoms with Gasteiger partial charge < -0.3 is 0 Å². The summed E-state index contributed by atoms with van der Waals surface area (Å²) in [5, 5.41) is 7.55. The van der Waals surface area contributed by atoms with Crippen LogP contribution in [0.2, 0.25) is 0 Å². The molecule has 60 heavy (non-hydrogen) atoms. The first-order valence-corrected chi connectivity index (χ1v) is 20.7. The molecule has 11 aromatic carbocycles. The summed E-state index contributed by atoms with van der Waals surface area (Å²) in [7, 11) is 0. The fourth-order valence-corrected chi connectivity index (χ4v) is 9.08. The number of benzene rings is 11. The molecule has 0 bridgehead atoms. The second kappa shape index (κ2) is 15.2. The van der Waals surface area contributed by atoms with Gasteiger partial charge in [-0.05, 0) is 122 Å². The van der Waals surface area contributed by atoms with Gasteiger partial charge in [0.05, 0.1) is 0 Å². The van der Waals surface area contributed by atoms with E-state index in [-0.39, 0.29) is 0 Å². The largest absolute Gasteiger partial charge is 0.0622 e. The van der Waals surface area contributed by atoms with E-state index in [4.69, 9.17) is 0 Å². The lowest BCUT2D eigenvalue weighted by Crippen LogP contribution is -1.92. The third-order valence-corrected chi connectivity index (χ3v) is 12.1. The highest BCUT2D eigenvalue weighted by Crippen LogP contribution is 2.46. The normalized spacial score (nSPS) is 11.3. The van der Waals surface area contributed by atoms with E-state index in [0.29, 0.717) is 0 Å². The van der Waals surface area contributed by atoms with E-state index in [9.17, 15) is 0 Å². The van der Waals surface area contributed by atoms with Crippen LogP contribution in [0.3, 0.4) is 0 Å². The molecule has 0 spiro atoms. The van der Waals surface area contributed by atoms with Crippen LogP contribution < -0.4 is 0 Å². The van der Waals surface area contributed by atoms with Crippen molar-refractivity contribution >= 4 is 32.3 Å². The van der Waals surface area contributed by atoms with Crippen molar-refractivity contribution in [2.45, 2.75) is 0 Å². The maximum Gasteiger partial charge on any atom is -0.00261 e. The molecule has 0 saturated carbocycles. The Morgan fingerprint density at radius 3 is 1.05 bits per heavy atom. The van der Waals surface area contributed by atoms with Gasteiger partial charge in [0.2, 0.25) is 0 Å². The van der Waals surface area contributed by atoms with Crippen molar-refractivity contribution in [3.05, 3.63) is 243 Å². The molecule has 0 heteroatoms. The molecule has 0 aliphatic rings. The molecule has 0 nitrogen and oxygen atoms in total. The Morgan fingerprint density at radius 2 is 0.517 bits per heavy atom. The topological polar surface area (TPSA) is 0 Å². The number of hydrogen-bond acceptors (Lipinski definition) is 0. The summed E-state index contributed by atoms with van der Waals surface area (Å²) in [5.41, 5.74) is 17.1. The molecule has 11 aromatic rings. The van der Waals surface area contributed by atoms with E-state index < -0.39 is 0 Å². The molecule has 280 valence electrons. The van der Waals surface area contributed by atoms with Crippen LogP contribution in [0.15, 0.2) is 243 Å². The molecular weight excluding hydrogens is 721 g/mol. The van der Waals surface area contributed by atoms with Gasteiger partial charge in [0.15, 0.2) is 0 Å². The molecule has 11 rings (SSSR count). The molecule has 0 amide bonds. The Hall–Kier alpha value is -7.80. The predicted molar refractivity (Wildman–Crippen MR) is 257 cm³/mol. The zero-order chi connectivity index (χ0) is 39.8. The quantitative estimate of drug-likeness (QED) is 0.142. The van der Waals surface area contributed by atoms with Crippen molar-refractivity contribution in [3.8, 4) is 77.9 Å². The average Bonchev–Trinajstić information content (AvgIpc) is 3.33. The third kappa shape index (κ3) is 6.46. The van der Waals surface area contributed by atoms with Crippen molar-refractivity contribution < 1.29 is 0 Å². The maximum absolute atomic E-state index is 2.42. The van der Waals surface area contributed by atoms with Crippen molar-refractivity contribution in [1.29, 1.82) is 0 Å². The van der Waals surface area contributed by atoms with E-state index in [1.165, 1.54) is 110 Å². The van der Waals surface area contributed by atoms with Crippen LogP contribution in [0.1, 0.15) is 0 Å². The predicted octanol–water partition coefficient (Wildman–Crippen LogP) is 16.8. The fourth-order valence-electron chi connectivity index (χ4n) is 9.08. The van der Waals surface area contributed by atoms with Crippen LogP contribution in [0.25, 0.3) is 110 Å². The van der Waals surface area contributed by atoms with Gasteiger partial charge in [-0.1, -0.05) is 231 Å². The monoisotopic (exact) mass is 760 g/mol. The molecule has 0 atom stereocenters. The van der Waals surface area contributed by atoms with Crippen molar-refractivity contribution in [2.75, 3.05) is 0 Å². The molecule has 0 aliphatic carbocycles. The highest BCUT2D eigenvalue weighted by Gasteiger charge is 2.18. The minimum atomic E-state index is 1.19. The van der Waals surface area contributed by atoms with E-state index in [2.05, 4.69) is 243 Å². The maximum atomic E-state index is 2.42. The second-order valence-corrected chi connectivity index (χ2v) is 15.6. The van der Waals surface area contributed by atoms with Crippen molar-refractivity contribution in [3.63, 3.8) is 0 Å². The Morgan fingerprint density at radius 1 is 0.167 bits per heavy atom. The number of fused-ring (bicyclic) bond motifs is 3. The summed E-state index contributed by atoms with van der Waals surface area (Å²) in [6, 6.07) is 88.7. The third-order valence-electron chi connectivity index (χ3n) is 12.1. The van der Waals surface area contributed by atoms with Crippen LogP contribution in [0.4, 0.5) is 0 Å². The molecule has 0 fully saturated rings. The lowest BCUT2D eigenvalue weighted by molar-refractivity contribution is 1.56. The minimum absolute atomic E-state index is 1.19. The molecular formula is C60H40. The van der Waals surface area contributed by atoms with E-state index in [1.807, 2.05) is 0 Å². The zero-order valence-corrected chi connectivity index (χ0v) is 33.1. The van der Waals surface area contributed by atoms with Crippen molar-refractivity contribution in [2.24, 2.45) is 0 Å². The lowest BCUT2D eigenvalue weighted by Gasteiger charge is -2.19. The molecule has 0 radical (unpaired) electrons. The first-order valence-electron chi connectivity index (χ1n) is 20.7. The Bertz CT molecular complexity index is 3250. The van der Waals surface area contributed by atoms with Crippen LogP contribution in [-0.2, 0) is 0 Å². The summed E-state index contributed by atoms with van der Waals surface area (Å²) in [6.45, 7) is 0. The first-order chi connectivity index (χ1) is 29.7. The Balaban J connectivity index is 1.03. The summed E-state index contributed by atoms with van der Waals surface area (Å²) in [6.07, 6.45) is 0. The summed E-state index contributed by atoms with van der Waals surface area (Å²) >= 11 is 0. The Labute approximate surface area is 351 Å². The smallest absolute Gasteiger partial charge is 0.00261 e. The number of hydrogen-bond donors (Lipinski definition) is 0. The Kier molecular flexibility index (Phi) is 8.95. The van der Waals surface area contributed by atoms with Gasteiger partial charge in [0.25, 0.3) is 0 Å². The van der Waals surface area contributed by atoms with Gasteiger partial charge in [-0.2, -0.15) is 0 Å². The van der Waals surface area contributed by atoms with E-state index >= 15 is 0 Å². The molecule has 0 saturated heterocycles. The molecule has 0 aliphatic heterocycles. The molecule has 0 aromatic heterocycles. The van der Waals surface area contributed by atoms with Gasteiger partial charge in [-0.3, -0.25) is 0 Å². The minimum Gasteiger partial charge on any atom is -0.0622 e. The summed E-state index contributed by atoms with van der Waals surface area (Å²) in [4.78, 5) is 0. The molecule has 0 heterocycles. The fraction of sp³-hybridized carbons (Fsp3) is 0. The SMILES string of the molecule is c1ccc(-c2ccc(-c3ccc(-c4c5ccccc5c(-c5ccccc5)c5ccccc45)cc3-c3ccc(-c4ccc(-c5ccc6ccccc6c5)cc4)cc3)cc2)cc1. The summed E-state index contributed by atoms with van der Waals surface area (Å²) in [5.74, 6) is 0. The molecule has 0 unspecified atom stereocenters. The lowest BCUT2D eigenvalue weighted by atomic mass is 9.84. The summed E-state index contributed by atoms with van der Waals surface area (Å²) < 4.78 is 0. The molecule has 0 N–H and O–H groups in total. The van der Waals surface area contributed by atoms with Gasteiger partial charge in [0, 0.05) is 0 Å². The van der Waals surface area contributed by atoms with E-state index in [1.54, 1.807) is 0 Å².